The van der Waals surface area contributed by atoms with E-state index < -0.39 is 35.8 Å². The average Bonchev–Trinajstić information content (AvgIpc) is 3.63. The van der Waals surface area contributed by atoms with Crippen molar-refractivity contribution in [2.24, 2.45) is 12.8 Å². The molecule has 4 aromatic rings. The highest BCUT2D eigenvalue weighted by Crippen LogP contribution is 2.32. The third-order valence-electron chi connectivity index (χ3n) is 11.4. The standard InChI is InChI=1S/C47H61Cl2N9O7/c1-54(2)29-42-52-27-40(57(42)5)32-12-17-37(18-13-32)65-41-25-35(49)16-11-33(41)28-58-39(8-7-21-50)46(62)53-38(30-64-6)47(63)56(4)36(24-31-9-14-34(48)15-10-31)26-43(59)51-22-23-55(3)44(60)19-20-45(58)61/h9-18,25,27,36,38-39H,7-8,19-24,26,28-30,50H2,1-6H3,(H,51,59)(H,53,62). The Balaban J connectivity index is 1.48. The van der Waals surface area contributed by atoms with Crippen LogP contribution in [0.2, 0.25) is 10.0 Å². The van der Waals surface area contributed by atoms with Gasteiger partial charge in [-0.3, -0.25) is 24.0 Å². The Morgan fingerprint density at radius 3 is 2.28 bits per heavy atom. The van der Waals surface area contributed by atoms with Gasteiger partial charge in [-0.05, 0) is 94.0 Å². The van der Waals surface area contributed by atoms with Crippen molar-refractivity contribution in [3.05, 3.63) is 99.9 Å². The van der Waals surface area contributed by atoms with E-state index in [1.807, 2.05) is 68.3 Å². The molecule has 1 saturated heterocycles. The van der Waals surface area contributed by atoms with E-state index in [1.165, 1.54) is 21.8 Å². The van der Waals surface area contributed by atoms with Crippen LogP contribution < -0.4 is 21.1 Å². The number of benzene rings is 3. The van der Waals surface area contributed by atoms with Gasteiger partial charge in [0.1, 0.15) is 29.4 Å². The fourth-order valence-electron chi connectivity index (χ4n) is 7.61. The molecule has 3 aromatic carbocycles. The number of halogens is 2. The molecule has 4 N–H and O–H groups in total. The summed E-state index contributed by atoms with van der Waals surface area (Å²) in [5, 5.41) is 6.65. The number of aromatic nitrogens is 2. The molecule has 0 aliphatic carbocycles. The van der Waals surface area contributed by atoms with Gasteiger partial charge in [-0.25, -0.2) is 4.98 Å². The molecule has 0 spiro atoms. The highest BCUT2D eigenvalue weighted by Gasteiger charge is 2.36. The molecule has 5 amide bonds. The van der Waals surface area contributed by atoms with Gasteiger partial charge >= 0.3 is 0 Å². The molecular weight excluding hydrogens is 873 g/mol. The van der Waals surface area contributed by atoms with Crippen molar-refractivity contribution in [2.75, 3.05) is 61.5 Å². The number of methoxy groups -OCH3 is 1. The van der Waals surface area contributed by atoms with Crippen molar-refractivity contribution < 1.29 is 33.4 Å². The molecule has 3 atom stereocenters. The number of ether oxygens (including phenoxy) is 2. The molecule has 2 heterocycles. The maximum Gasteiger partial charge on any atom is 0.247 e. The lowest BCUT2D eigenvalue weighted by atomic mass is 10.0. The van der Waals surface area contributed by atoms with Gasteiger partial charge in [0.2, 0.25) is 29.5 Å². The summed E-state index contributed by atoms with van der Waals surface area (Å²) in [7, 11) is 10.5. The van der Waals surface area contributed by atoms with Crippen molar-refractivity contribution in [3.8, 4) is 22.8 Å². The van der Waals surface area contributed by atoms with E-state index in [0.29, 0.717) is 46.5 Å². The highest BCUT2D eigenvalue weighted by molar-refractivity contribution is 6.31. The SMILES string of the molecule is COCC1NC(=O)C(CCCN)N(Cc2ccc(Cl)cc2Oc2ccc(-c3cnc(CN(C)C)n3C)cc2)C(=O)CCC(=O)N(C)CCNC(=O)CC(Cc2ccc(Cl)cc2)N(C)C1=O. The Hall–Kier alpha value is -5.52. The topological polar surface area (TPSA) is 185 Å². The molecule has 16 nitrogen and oxygen atoms in total. The van der Waals surface area contributed by atoms with Crippen LogP contribution in [-0.4, -0.2) is 138 Å². The van der Waals surface area contributed by atoms with Gasteiger partial charge in [0, 0.05) is 87.8 Å². The summed E-state index contributed by atoms with van der Waals surface area (Å²) in [6.45, 7) is 0.930. The second kappa shape index (κ2) is 24.1. The molecule has 0 radical (unpaired) electrons. The lowest BCUT2D eigenvalue weighted by Gasteiger charge is -2.35. The van der Waals surface area contributed by atoms with Gasteiger partial charge in [0.05, 0.1) is 31.6 Å². The number of hydrogen-bond acceptors (Lipinski definition) is 10. The molecule has 1 fully saturated rings. The summed E-state index contributed by atoms with van der Waals surface area (Å²) < 4.78 is 13.9. The third kappa shape index (κ3) is 14.2. The minimum absolute atomic E-state index is 0.0600. The number of amides is 5. The summed E-state index contributed by atoms with van der Waals surface area (Å²) in [5.74, 6) is -0.473. The van der Waals surface area contributed by atoms with E-state index in [4.69, 9.17) is 38.4 Å². The molecule has 1 aromatic heterocycles. The largest absolute Gasteiger partial charge is 0.457 e. The molecule has 1 aliphatic heterocycles. The number of nitrogens with zero attached hydrogens (tertiary/aromatic N) is 6. The summed E-state index contributed by atoms with van der Waals surface area (Å²) in [6.07, 6.45) is 2.18. The lowest BCUT2D eigenvalue weighted by molar-refractivity contribution is -0.145. The van der Waals surface area contributed by atoms with Gasteiger partial charge in [-0.15, -0.1) is 0 Å². The zero-order chi connectivity index (χ0) is 47.2. The van der Waals surface area contributed by atoms with Crippen LogP contribution >= 0.6 is 23.2 Å². The lowest BCUT2D eigenvalue weighted by Crippen LogP contribution is -2.58. The van der Waals surface area contributed by atoms with E-state index in [1.54, 1.807) is 44.4 Å². The third-order valence-corrected chi connectivity index (χ3v) is 11.9. The maximum absolute atomic E-state index is 14.6. The second-order valence-electron chi connectivity index (χ2n) is 16.5. The van der Waals surface area contributed by atoms with Gasteiger partial charge in [0.25, 0.3) is 0 Å². The van der Waals surface area contributed by atoms with Crippen LogP contribution in [0.1, 0.15) is 49.1 Å². The van der Waals surface area contributed by atoms with Crippen LogP contribution in [0.4, 0.5) is 0 Å². The molecule has 350 valence electrons. The zero-order valence-corrected chi connectivity index (χ0v) is 39.5. The second-order valence-corrected chi connectivity index (χ2v) is 17.4. The zero-order valence-electron chi connectivity index (χ0n) is 38.0. The Morgan fingerprint density at radius 2 is 1.60 bits per heavy atom. The maximum atomic E-state index is 14.6. The highest BCUT2D eigenvalue weighted by atomic mass is 35.5. The van der Waals surface area contributed by atoms with E-state index >= 15 is 0 Å². The number of carbonyl (C=O) groups is 5. The summed E-state index contributed by atoms with van der Waals surface area (Å²) in [5.41, 5.74) is 9.24. The van der Waals surface area contributed by atoms with Crippen molar-refractivity contribution in [1.82, 2.24) is 39.8 Å². The molecule has 65 heavy (non-hydrogen) atoms. The molecular formula is C47H61Cl2N9O7. The first-order valence-corrected chi connectivity index (χ1v) is 22.4. The molecule has 0 bridgehead atoms. The number of carbonyl (C=O) groups excluding carboxylic acids is 5. The monoisotopic (exact) mass is 933 g/mol. The smallest absolute Gasteiger partial charge is 0.247 e. The van der Waals surface area contributed by atoms with Gasteiger partial charge in [-0.2, -0.15) is 0 Å². The fraction of sp³-hybridized carbons (Fsp3) is 0.447. The molecule has 1 aliphatic rings. The van der Waals surface area contributed by atoms with E-state index in [9.17, 15) is 24.0 Å². The molecule has 0 saturated carbocycles. The van der Waals surface area contributed by atoms with Crippen molar-refractivity contribution in [3.63, 3.8) is 0 Å². The van der Waals surface area contributed by atoms with Crippen LogP contribution in [0.25, 0.3) is 11.3 Å². The molecule has 5 rings (SSSR count). The quantitative estimate of drug-likeness (QED) is 0.161. The van der Waals surface area contributed by atoms with Gasteiger partial charge < -0.3 is 50.0 Å². The fourth-order valence-corrected chi connectivity index (χ4v) is 7.90. The van der Waals surface area contributed by atoms with Crippen molar-refractivity contribution in [2.45, 2.75) is 69.7 Å². The minimum atomic E-state index is -1.19. The number of nitrogens with one attached hydrogen (secondary N) is 2. The number of hydrogen-bond donors (Lipinski definition) is 3. The Bertz CT molecular complexity index is 2250. The first-order valence-electron chi connectivity index (χ1n) is 21.6. The van der Waals surface area contributed by atoms with E-state index in [2.05, 4.69) is 20.5 Å². The van der Waals surface area contributed by atoms with Gasteiger partial charge in [-0.1, -0.05) is 41.4 Å². The first-order chi connectivity index (χ1) is 31.1. The number of rotatable bonds is 14. The van der Waals surface area contributed by atoms with Crippen LogP contribution in [0.5, 0.6) is 11.5 Å². The minimum Gasteiger partial charge on any atom is -0.457 e. The van der Waals surface area contributed by atoms with Crippen LogP contribution in [-0.2, 0) is 55.3 Å². The predicted molar refractivity (Wildman–Crippen MR) is 250 cm³/mol. The van der Waals surface area contributed by atoms with Crippen LogP contribution in [0.15, 0.2) is 72.9 Å². The van der Waals surface area contributed by atoms with Crippen LogP contribution in [0, 0.1) is 0 Å². The number of imidazole rings is 1. The Labute approximate surface area is 391 Å². The Kier molecular flexibility index (Phi) is 18.7. The number of likely N-dealkylation sites (N-methyl/N-ethyl adjacent to an activating group) is 2. The molecule has 18 heteroatoms. The molecule has 3 unspecified atom stereocenters. The summed E-state index contributed by atoms with van der Waals surface area (Å²) in [4.78, 5) is 81.2. The van der Waals surface area contributed by atoms with Crippen molar-refractivity contribution >= 4 is 52.7 Å². The Morgan fingerprint density at radius 1 is 0.908 bits per heavy atom. The van der Waals surface area contributed by atoms with Gasteiger partial charge in [0.15, 0.2) is 0 Å². The van der Waals surface area contributed by atoms with Crippen LogP contribution in [0.3, 0.4) is 0 Å². The summed E-state index contributed by atoms with van der Waals surface area (Å²) in [6, 6.07) is 16.7. The average molecular weight is 935 g/mol. The van der Waals surface area contributed by atoms with E-state index in [0.717, 1.165) is 22.6 Å². The first kappa shape index (κ1) is 50.5. The number of nitrogens with two attached hydrogens (primary N) is 1. The normalized spacial score (nSPS) is 18.7. The predicted octanol–water partition coefficient (Wildman–Crippen LogP) is 4.64. The van der Waals surface area contributed by atoms with E-state index in [-0.39, 0.29) is 70.3 Å². The van der Waals surface area contributed by atoms with Crippen molar-refractivity contribution in [1.29, 1.82) is 0 Å². The summed E-state index contributed by atoms with van der Waals surface area (Å²) >= 11 is 12.7.